The van der Waals surface area contributed by atoms with E-state index >= 15 is 0 Å². The van der Waals surface area contributed by atoms with Crippen molar-refractivity contribution in [1.82, 2.24) is 15.0 Å². The molecule has 0 unspecified atom stereocenters. The first-order valence-corrected chi connectivity index (χ1v) is 12.4. The van der Waals surface area contributed by atoms with Crippen LogP contribution < -0.4 is 5.43 Å². The van der Waals surface area contributed by atoms with Crippen LogP contribution in [-0.2, 0) is 16.8 Å². The van der Waals surface area contributed by atoms with Gasteiger partial charge >= 0.3 is 0 Å². The van der Waals surface area contributed by atoms with Gasteiger partial charge in [0, 0.05) is 5.02 Å². The summed E-state index contributed by atoms with van der Waals surface area (Å²) in [5.74, 6) is 0.00972. The number of thioether (sulfide) groups is 1. The Morgan fingerprint density at radius 2 is 1.76 bits per heavy atom. The Hall–Kier alpha value is -3.09. The summed E-state index contributed by atoms with van der Waals surface area (Å²) in [7, 11) is 0. The van der Waals surface area contributed by atoms with Crippen LogP contribution in [-0.4, -0.2) is 27.4 Å². The summed E-state index contributed by atoms with van der Waals surface area (Å²) in [5.41, 5.74) is 7.78. The summed E-state index contributed by atoms with van der Waals surface area (Å²) < 4.78 is 2.09. The second-order valence-electron chi connectivity index (χ2n) is 9.01. The number of hydrogen-bond acceptors (Lipinski definition) is 4. The van der Waals surface area contributed by atoms with Crippen LogP contribution in [0, 0.1) is 0 Å². The summed E-state index contributed by atoms with van der Waals surface area (Å²) in [6.07, 6.45) is 1.65. The van der Waals surface area contributed by atoms with Crippen LogP contribution in [0.25, 0.3) is 11.0 Å². The highest BCUT2D eigenvalue weighted by atomic mass is 35.5. The number of aromatic nitrogens is 2. The fourth-order valence-electron chi connectivity index (χ4n) is 3.52. The molecule has 1 aromatic heterocycles. The minimum Gasteiger partial charge on any atom is -0.314 e. The van der Waals surface area contributed by atoms with Gasteiger partial charge in [-0.05, 0) is 40.3 Å². The van der Waals surface area contributed by atoms with Gasteiger partial charge in [0.15, 0.2) is 5.16 Å². The lowest BCUT2D eigenvalue weighted by Crippen LogP contribution is -2.20. The molecule has 4 aromatic rings. The zero-order valence-electron chi connectivity index (χ0n) is 19.5. The van der Waals surface area contributed by atoms with Gasteiger partial charge in [0.2, 0.25) is 0 Å². The van der Waals surface area contributed by atoms with Crippen molar-refractivity contribution < 1.29 is 4.79 Å². The van der Waals surface area contributed by atoms with E-state index in [1.165, 1.54) is 17.3 Å². The molecule has 4 rings (SSSR count). The third-order valence-electron chi connectivity index (χ3n) is 5.42. The largest absolute Gasteiger partial charge is 0.314 e. The molecule has 0 spiro atoms. The standard InChI is InChI=1S/C27H27ClN4OS/c1-27(2,3)21-14-12-19(13-15-21)16-29-31-25(33)18-34-26-30-23-10-6-7-11-24(23)32(26)17-20-8-4-5-9-22(20)28/h4-16H,17-18H2,1-3H3,(H,31,33)/b29-16-. The lowest BCUT2D eigenvalue weighted by Gasteiger charge is -2.18. The van der Waals surface area contributed by atoms with E-state index in [1.54, 1.807) is 6.21 Å². The van der Waals surface area contributed by atoms with E-state index in [4.69, 9.17) is 16.6 Å². The zero-order chi connectivity index (χ0) is 24.1. The molecule has 174 valence electrons. The maximum Gasteiger partial charge on any atom is 0.250 e. The molecule has 5 nitrogen and oxygen atoms in total. The number of carbonyl (C=O) groups is 1. The molecule has 0 aliphatic carbocycles. The quantitative estimate of drug-likeness (QED) is 0.188. The van der Waals surface area contributed by atoms with Crippen LogP contribution in [0.15, 0.2) is 83.1 Å². The number of fused-ring (bicyclic) bond motifs is 1. The summed E-state index contributed by atoms with van der Waals surface area (Å²) in [6.45, 7) is 7.11. The Balaban J connectivity index is 1.41. The van der Waals surface area contributed by atoms with Crippen molar-refractivity contribution in [2.45, 2.75) is 37.9 Å². The van der Waals surface area contributed by atoms with Gasteiger partial charge in [-0.15, -0.1) is 0 Å². The van der Waals surface area contributed by atoms with E-state index in [9.17, 15) is 4.79 Å². The molecule has 0 saturated carbocycles. The van der Waals surface area contributed by atoms with Crippen molar-refractivity contribution in [3.63, 3.8) is 0 Å². The molecule has 1 amide bonds. The predicted octanol–water partition coefficient (Wildman–Crippen LogP) is 6.28. The van der Waals surface area contributed by atoms with Crippen molar-refractivity contribution in [2.75, 3.05) is 5.75 Å². The fourth-order valence-corrected chi connectivity index (χ4v) is 4.53. The van der Waals surface area contributed by atoms with E-state index in [2.05, 4.69) is 48.0 Å². The number of imidazole rings is 1. The smallest absolute Gasteiger partial charge is 0.250 e. The number of hydrogen-bond donors (Lipinski definition) is 1. The second-order valence-corrected chi connectivity index (χ2v) is 10.4. The third kappa shape index (κ3) is 5.88. The van der Waals surface area contributed by atoms with Crippen LogP contribution >= 0.6 is 23.4 Å². The van der Waals surface area contributed by atoms with Crippen LogP contribution in [0.2, 0.25) is 5.02 Å². The van der Waals surface area contributed by atoms with Crippen LogP contribution in [0.1, 0.15) is 37.5 Å². The van der Waals surface area contributed by atoms with Gasteiger partial charge in [-0.2, -0.15) is 5.10 Å². The minimum absolute atomic E-state index is 0.101. The summed E-state index contributed by atoms with van der Waals surface area (Å²) in [5, 5.41) is 5.58. The highest BCUT2D eigenvalue weighted by Crippen LogP contribution is 2.27. The van der Waals surface area contributed by atoms with Crippen LogP contribution in [0.5, 0.6) is 0 Å². The molecule has 0 saturated heterocycles. The van der Waals surface area contributed by atoms with Crippen molar-refractivity contribution >= 4 is 46.5 Å². The lowest BCUT2D eigenvalue weighted by molar-refractivity contribution is -0.118. The predicted molar refractivity (Wildman–Crippen MR) is 142 cm³/mol. The van der Waals surface area contributed by atoms with Crippen LogP contribution in [0.4, 0.5) is 0 Å². The number of nitrogens with zero attached hydrogens (tertiary/aromatic N) is 3. The first-order valence-electron chi connectivity index (χ1n) is 11.1. The van der Waals surface area contributed by atoms with E-state index in [0.717, 1.165) is 27.3 Å². The molecule has 0 fully saturated rings. The first-order chi connectivity index (χ1) is 16.3. The maximum atomic E-state index is 12.4. The average molecular weight is 491 g/mol. The number of para-hydroxylation sites is 2. The summed E-state index contributed by atoms with van der Waals surface area (Å²) in [4.78, 5) is 17.2. The SMILES string of the molecule is CC(C)(C)c1ccc(/C=N\NC(=O)CSc2nc3ccccc3n2Cc2ccccc2Cl)cc1. The number of amides is 1. The van der Waals surface area contributed by atoms with Gasteiger partial charge in [0.05, 0.1) is 29.5 Å². The Kier molecular flexibility index (Phi) is 7.39. The van der Waals surface area contributed by atoms with Crippen molar-refractivity contribution in [3.05, 3.63) is 94.5 Å². The lowest BCUT2D eigenvalue weighted by atomic mass is 9.87. The molecule has 0 aliphatic heterocycles. The average Bonchev–Trinajstić information content (AvgIpc) is 3.16. The zero-order valence-corrected chi connectivity index (χ0v) is 21.0. The van der Waals surface area contributed by atoms with Gasteiger partial charge in [-0.3, -0.25) is 4.79 Å². The minimum atomic E-state index is -0.191. The van der Waals surface area contributed by atoms with E-state index in [1.807, 2.05) is 60.7 Å². The van der Waals surface area contributed by atoms with Gasteiger partial charge < -0.3 is 4.57 Å². The number of carbonyl (C=O) groups excluding carboxylic acids is 1. The molecule has 7 heteroatoms. The summed E-state index contributed by atoms with van der Waals surface area (Å²) >= 11 is 7.77. The Morgan fingerprint density at radius 3 is 2.50 bits per heavy atom. The van der Waals surface area contributed by atoms with Gasteiger partial charge in [0.1, 0.15) is 0 Å². The molecule has 34 heavy (non-hydrogen) atoms. The van der Waals surface area contributed by atoms with Crippen molar-refractivity contribution in [1.29, 1.82) is 0 Å². The van der Waals surface area contributed by atoms with Gasteiger partial charge in [-0.1, -0.05) is 98.7 Å². The monoisotopic (exact) mass is 490 g/mol. The first kappa shape index (κ1) is 24.0. The van der Waals surface area contributed by atoms with E-state index in [0.29, 0.717) is 11.6 Å². The molecule has 3 aromatic carbocycles. The van der Waals surface area contributed by atoms with E-state index in [-0.39, 0.29) is 17.1 Å². The maximum absolute atomic E-state index is 12.4. The topological polar surface area (TPSA) is 59.3 Å². The number of benzene rings is 3. The molecule has 0 aliphatic rings. The molecular formula is C27H27ClN4OS. The molecule has 0 atom stereocenters. The van der Waals surface area contributed by atoms with Crippen molar-refractivity contribution in [2.24, 2.45) is 5.10 Å². The molecule has 0 bridgehead atoms. The summed E-state index contributed by atoms with van der Waals surface area (Å²) in [6, 6.07) is 23.9. The Bertz CT molecular complexity index is 1320. The fraction of sp³-hybridized carbons (Fsp3) is 0.222. The number of hydrazone groups is 1. The second kappa shape index (κ2) is 10.5. The molecule has 1 N–H and O–H groups in total. The number of halogens is 1. The van der Waals surface area contributed by atoms with Crippen LogP contribution in [0.3, 0.4) is 0 Å². The number of rotatable bonds is 7. The normalized spacial score (nSPS) is 11.9. The number of nitrogens with one attached hydrogen (secondary N) is 1. The highest BCUT2D eigenvalue weighted by Gasteiger charge is 2.15. The highest BCUT2D eigenvalue weighted by molar-refractivity contribution is 7.99. The molecule has 0 radical (unpaired) electrons. The molecular weight excluding hydrogens is 464 g/mol. The van der Waals surface area contributed by atoms with Gasteiger partial charge in [-0.25, -0.2) is 10.4 Å². The Morgan fingerprint density at radius 1 is 1.06 bits per heavy atom. The third-order valence-corrected chi connectivity index (χ3v) is 6.76. The van der Waals surface area contributed by atoms with Crippen molar-refractivity contribution in [3.8, 4) is 0 Å². The van der Waals surface area contributed by atoms with E-state index < -0.39 is 0 Å². The molecule has 1 heterocycles. The van der Waals surface area contributed by atoms with Gasteiger partial charge in [0.25, 0.3) is 5.91 Å². The Labute approximate surface area is 209 Å².